The van der Waals surface area contributed by atoms with Gasteiger partial charge in [-0.2, -0.15) is 13.2 Å². The third-order valence-electron chi connectivity index (χ3n) is 4.23. The summed E-state index contributed by atoms with van der Waals surface area (Å²) in [4.78, 5) is 25.3. The first-order valence-corrected chi connectivity index (χ1v) is 8.13. The number of amides is 2. The Morgan fingerprint density at radius 2 is 2.12 bits per heavy atom. The highest BCUT2D eigenvalue weighted by molar-refractivity contribution is 5.86. The van der Waals surface area contributed by atoms with Crippen LogP contribution >= 0.6 is 0 Å². The van der Waals surface area contributed by atoms with Crippen molar-refractivity contribution in [2.45, 2.75) is 25.4 Å². The molecule has 1 heterocycles. The summed E-state index contributed by atoms with van der Waals surface area (Å²) in [5.41, 5.74) is -0.400. The number of nitrogens with zero attached hydrogens (tertiary/aromatic N) is 1. The first kappa shape index (κ1) is 19.0. The van der Waals surface area contributed by atoms with Crippen LogP contribution in [0.15, 0.2) is 36.9 Å². The predicted molar refractivity (Wildman–Crippen MR) is 87.7 cm³/mol. The second-order valence-corrected chi connectivity index (χ2v) is 6.17. The van der Waals surface area contributed by atoms with Gasteiger partial charge in [0.25, 0.3) is 0 Å². The van der Waals surface area contributed by atoms with Crippen molar-refractivity contribution in [3.05, 3.63) is 48.0 Å². The number of hydrogen-bond donors (Lipinski definition) is 1. The lowest BCUT2D eigenvalue weighted by atomic mass is 9.97. The fourth-order valence-electron chi connectivity index (χ4n) is 2.92. The number of halogens is 3. The summed E-state index contributed by atoms with van der Waals surface area (Å²) < 4.78 is 38.3. The van der Waals surface area contributed by atoms with Crippen LogP contribution in [0, 0.1) is 5.92 Å². The second-order valence-electron chi connectivity index (χ2n) is 6.17. The van der Waals surface area contributed by atoms with E-state index in [0.29, 0.717) is 25.2 Å². The molecule has 4 nitrogen and oxygen atoms in total. The molecule has 1 aromatic rings. The molecular weight excluding hydrogens is 333 g/mol. The zero-order valence-electron chi connectivity index (χ0n) is 13.8. The van der Waals surface area contributed by atoms with Crippen LogP contribution in [-0.4, -0.2) is 36.3 Å². The summed E-state index contributed by atoms with van der Waals surface area (Å²) in [6, 6.07) is 4.85. The number of piperidine rings is 1. The third-order valence-corrected chi connectivity index (χ3v) is 4.23. The fourth-order valence-corrected chi connectivity index (χ4v) is 2.92. The van der Waals surface area contributed by atoms with E-state index in [-0.39, 0.29) is 24.2 Å². The molecule has 1 atom stereocenters. The highest BCUT2D eigenvalue weighted by Crippen LogP contribution is 2.29. The lowest BCUT2D eigenvalue weighted by Gasteiger charge is -2.33. The van der Waals surface area contributed by atoms with Crippen molar-refractivity contribution in [2.24, 2.45) is 5.92 Å². The molecule has 1 saturated heterocycles. The van der Waals surface area contributed by atoms with Crippen molar-refractivity contribution in [1.29, 1.82) is 0 Å². The minimum Gasteiger partial charge on any atom is -0.352 e. The largest absolute Gasteiger partial charge is 0.416 e. The maximum absolute atomic E-state index is 12.8. The molecule has 0 bridgehead atoms. The van der Waals surface area contributed by atoms with E-state index in [1.807, 2.05) is 0 Å². The van der Waals surface area contributed by atoms with Crippen molar-refractivity contribution in [2.75, 3.05) is 19.6 Å². The lowest BCUT2D eigenvalue weighted by Crippen LogP contribution is -2.44. The summed E-state index contributed by atoms with van der Waals surface area (Å²) in [6.45, 7) is 4.92. The average Bonchev–Trinajstić information content (AvgIpc) is 2.59. The summed E-state index contributed by atoms with van der Waals surface area (Å²) in [6.07, 6.45) is -1.58. The molecule has 0 aromatic heterocycles. The van der Waals surface area contributed by atoms with Gasteiger partial charge in [0, 0.05) is 19.6 Å². The van der Waals surface area contributed by atoms with Crippen molar-refractivity contribution >= 4 is 11.8 Å². The molecule has 0 unspecified atom stereocenters. The van der Waals surface area contributed by atoms with Gasteiger partial charge in [-0.15, -0.1) is 0 Å². The van der Waals surface area contributed by atoms with Crippen LogP contribution in [0.2, 0.25) is 0 Å². The molecule has 2 rings (SSSR count). The molecule has 0 spiro atoms. The Labute approximate surface area is 144 Å². The second kappa shape index (κ2) is 8.18. The average molecular weight is 354 g/mol. The molecule has 1 N–H and O–H groups in total. The number of nitrogens with one attached hydrogen (secondary N) is 1. The van der Waals surface area contributed by atoms with E-state index in [9.17, 15) is 22.8 Å². The van der Waals surface area contributed by atoms with Crippen LogP contribution in [0.4, 0.5) is 13.2 Å². The molecule has 0 aliphatic carbocycles. The molecule has 1 aromatic carbocycles. The van der Waals surface area contributed by atoms with Gasteiger partial charge >= 0.3 is 6.18 Å². The van der Waals surface area contributed by atoms with Crippen molar-refractivity contribution in [3.8, 4) is 0 Å². The van der Waals surface area contributed by atoms with Crippen molar-refractivity contribution in [3.63, 3.8) is 0 Å². The van der Waals surface area contributed by atoms with E-state index in [1.54, 1.807) is 4.90 Å². The van der Waals surface area contributed by atoms with Crippen LogP contribution in [0.1, 0.15) is 24.0 Å². The summed E-state index contributed by atoms with van der Waals surface area (Å²) in [7, 11) is 0. The van der Waals surface area contributed by atoms with Crippen LogP contribution < -0.4 is 5.32 Å². The zero-order chi connectivity index (χ0) is 18.4. The van der Waals surface area contributed by atoms with Gasteiger partial charge in [-0.05, 0) is 36.5 Å². The number of carbonyl (C=O) groups excluding carboxylic acids is 2. The minimum atomic E-state index is -4.42. The Kier molecular flexibility index (Phi) is 6.22. The van der Waals surface area contributed by atoms with Gasteiger partial charge in [-0.3, -0.25) is 9.59 Å². The van der Waals surface area contributed by atoms with Crippen molar-refractivity contribution in [1.82, 2.24) is 10.2 Å². The smallest absolute Gasteiger partial charge is 0.352 e. The number of benzene rings is 1. The van der Waals surface area contributed by atoms with Gasteiger partial charge in [-0.1, -0.05) is 24.8 Å². The number of rotatable bonds is 5. The van der Waals surface area contributed by atoms with Gasteiger partial charge < -0.3 is 10.2 Å². The lowest BCUT2D eigenvalue weighted by molar-refractivity contribution is -0.138. The molecule has 0 saturated carbocycles. The van der Waals surface area contributed by atoms with Gasteiger partial charge in [0.1, 0.15) is 0 Å². The topological polar surface area (TPSA) is 49.4 Å². The Morgan fingerprint density at radius 1 is 1.36 bits per heavy atom. The molecule has 2 amide bonds. The zero-order valence-corrected chi connectivity index (χ0v) is 13.8. The molecule has 7 heteroatoms. The minimum absolute atomic E-state index is 0.0599. The Morgan fingerprint density at radius 3 is 2.80 bits per heavy atom. The molecule has 0 radical (unpaired) electrons. The number of likely N-dealkylation sites (tertiary alicyclic amines) is 1. The van der Waals surface area contributed by atoms with Crippen LogP contribution in [-0.2, 0) is 22.2 Å². The first-order chi connectivity index (χ1) is 11.8. The maximum Gasteiger partial charge on any atom is 0.416 e. The standard InChI is InChI=1S/C18H21F3N2O2/c1-2-16(24)22-11-14-6-4-8-23(12-14)17(25)10-13-5-3-7-15(9-13)18(19,20)21/h2-3,5,7,9,14H,1,4,6,8,10-12H2,(H,22,24)/t14-/m1/s1. The highest BCUT2D eigenvalue weighted by atomic mass is 19.4. The van der Waals surface area contributed by atoms with Crippen LogP contribution in [0.5, 0.6) is 0 Å². The SMILES string of the molecule is C=CC(=O)NC[C@H]1CCCN(C(=O)Cc2cccc(C(F)(F)F)c2)C1. The normalized spacial score (nSPS) is 17.9. The van der Waals surface area contributed by atoms with E-state index in [1.165, 1.54) is 18.2 Å². The summed E-state index contributed by atoms with van der Waals surface area (Å²) in [5, 5.41) is 2.72. The molecule has 1 aliphatic rings. The molecule has 136 valence electrons. The van der Waals surface area contributed by atoms with E-state index >= 15 is 0 Å². The Balaban J connectivity index is 1.94. The van der Waals surface area contributed by atoms with E-state index in [0.717, 1.165) is 25.0 Å². The monoisotopic (exact) mass is 354 g/mol. The molecular formula is C18H21F3N2O2. The molecule has 25 heavy (non-hydrogen) atoms. The van der Waals surface area contributed by atoms with Crippen LogP contribution in [0.25, 0.3) is 0 Å². The van der Waals surface area contributed by atoms with E-state index in [2.05, 4.69) is 11.9 Å². The van der Waals surface area contributed by atoms with Gasteiger partial charge in [-0.25, -0.2) is 0 Å². The van der Waals surface area contributed by atoms with E-state index in [4.69, 9.17) is 0 Å². The number of alkyl halides is 3. The third kappa shape index (κ3) is 5.62. The maximum atomic E-state index is 12.8. The number of carbonyl (C=O) groups is 2. The van der Waals surface area contributed by atoms with E-state index < -0.39 is 11.7 Å². The molecule has 1 aliphatic heterocycles. The Hall–Kier alpha value is -2.31. The fraction of sp³-hybridized carbons (Fsp3) is 0.444. The van der Waals surface area contributed by atoms with Gasteiger partial charge in [0.15, 0.2) is 0 Å². The van der Waals surface area contributed by atoms with Crippen molar-refractivity contribution < 1.29 is 22.8 Å². The quantitative estimate of drug-likeness (QED) is 0.827. The molecule has 1 fully saturated rings. The van der Waals surface area contributed by atoms with Gasteiger partial charge in [0.2, 0.25) is 11.8 Å². The highest BCUT2D eigenvalue weighted by Gasteiger charge is 2.31. The Bertz CT molecular complexity index is 643. The van der Waals surface area contributed by atoms with Gasteiger partial charge in [0.05, 0.1) is 12.0 Å². The first-order valence-electron chi connectivity index (χ1n) is 8.13. The number of hydrogen-bond acceptors (Lipinski definition) is 2. The summed E-state index contributed by atoms with van der Waals surface area (Å²) in [5.74, 6) is -0.311. The summed E-state index contributed by atoms with van der Waals surface area (Å²) >= 11 is 0. The predicted octanol–water partition coefficient (Wildman–Crippen LogP) is 2.79. The van der Waals surface area contributed by atoms with Crippen LogP contribution in [0.3, 0.4) is 0 Å².